The zero-order chi connectivity index (χ0) is 19.6. The lowest BCUT2D eigenvalue weighted by molar-refractivity contribution is -0.120. The number of amides is 2. The van der Waals surface area contributed by atoms with Crippen molar-refractivity contribution in [1.29, 1.82) is 0 Å². The molecule has 2 atom stereocenters. The monoisotopic (exact) mass is 364 g/mol. The third kappa shape index (κ3) is 4.05. The van der Waals surface area contributed by atoms with Crippen molar-refractivity contribution in [2.45, 2.75) is 33.7 Å². The normalized spacial score (nSPS) is 17.9. The summed E-state index contributed by atoms with van der Waals surface area (Å²) in [6, 6.07) is 10.0. The van der Waals surface area contributed by atoms with Crippen LogP contribution in [0.4, 0.5) is 0 Å². The molecule has 2 aromatic rings. The molecule has 3 rings (SSSR count). The average Bonchev–Trinajstić information content (AvgIpc) is 3.02. The topological polar surface area (TPSA) is 76.3 Å². The SMILES string of the molecule is CC1=CC(C)=NC(=O)C1CNC(=O)c1cn(C(C)c2ccccc2)nc1C. The van der Waals surface area contributed by atoms with Crippen LogP contribution >= 0.6 is 0 Å². The van der Waals surface area contributed by atoms with E-state index in [1.165, 1.54) is 0 Å². The Balaban J connectivity index is 1.70. The first kappa shape index (κ1) is 18.8. The first-order valence-corrected chi connectivity index (χ1v) is 9.03. The van der Waals surface area contributed by atoms with Crippen LogP contribution in [0.2, 0.25) is 0 Å². The van der Waals surface area contributed by atoms with Crippen molar-refractivity contribution in [3.8, 4) is 0 Å². The molecule has 6 nitrogen and oxygen atoms in total. The molecule has 0 saturated heterocycles. The quantitative estimate of drug-likeness (QED) is 0.886. The van der Waals surface area contributed by atoms with E-state index in [9.17, 15) is 9.59 Å². The van der Waals surface area contributed by atoms with E-state index < -0.39 is 5.92 Å². The van der Waals surface area contributed by atoms with Gasteiger partial charge in [-0.2, -0.15) is 5.10 Å². The lowest BCUT2D eigenvalue weighted by Gasteiger charge is -2.18. The van der Waals surface area contributed by atoms with E-state index in [1.54, 1.807) is 17.8 Å². The molecule has 1 aliphatic heterocycles. The van der Waals surface area contributed by atoms with Crippen molar-refractivity contribution in [3.05, 3.63) is 65.0 Å². The Kier molecular flexibility index (Phi) is 5.35. The Morgan fingerprint density at radius 1 is 1.22 bits per heavy atom. The Morgan fingerprint density at radius 3 is 2.59 bits per heavy atom. The second-order valence-electron chi connectivity index (χ2n) is 6.94. The number of nitrogens with one attached hydrogen (secondary N) is 1. The average molecular weight is 364 g/mol. The molecule has 0 aliphatic carbocycles. The number of hydrogen-bond donors (Lipinski definition) is 1. The molecule has 6 heteroatoms. The van der Waals surface area contributed by atoms with Crippen LogP contribution in [0, 0.1) is 12.8 Å². The molecule has 2 unspecified atom stereocenters. The summed E-state index contributed by atoms with van der Waals surface area (Å²) in [5, 5.41) is 7.35. The third-order valence-electron chi connectivity index (χ3n) is 4.88. The molecule has 0 spiro atoms. The van der Waals surface area contributed by atoms with Gasteiger partial charge in [0.05, 0.1) is 23.2 Å². The molecule has 2 heterocycles. The van der Waals surface area contributed by atoms with Crippen molar-refractivity contribution in [3.63, 3.8) is 0 Å². The summed E-state index contributed by atoms with van der Waals surface area (Å²) in [5.74, 6) is -0.847. The number of aryl methyl sites for hydroxylation is 1. The van der Waals surface area contributed by atoms with E-state index in [-0.39, 0.29) is 24.4 Å². The molecule has 27 heavy (non-hydrogen) atoms. The summed E-state index contributed by atoms with van der Waals surface area (Å²) < 4.78 is 1.80. The van der Waals surface area contributed by atoms with Crippen LogP contribution in [0.5, 0.6) is 0 Å². The highest BCUT2D eigenvalue weighted by atomic mass is 16.2. The number of rotatable bonds is 5. The number of nitrogens with zero attached hydrogens (tertiary/aromatic N) is 3. The summed E-state index contributed by atoms with van der Waals surface area (Å²) >= 11 is 0. The van der Waals surface area contributed by atoms with E-state index in [0.717, 1.165) is 11.1 Å². The first-order valence-electron chi connectivity index (χ1n) is 9.03. The van der Waals surface area contributed by atoms with Crippen LogP contribution in [0.1, 0.15) is 48.4 Å². The van der Waals surface area contributed by atoms with Gasteiger partial charge in [0.2, 0.25) is 0 Å². The minimum Gasteiger partial charge on any atom is -0.351 e. The lowest BCUT2D eigenvalue weighted by Crippen LogP contribution is -2.34. The zero-order valence-electron chi connectivity index (χ0n) is 16.1. The zero-order valence-corrected chi connectivity index (χ0v) is 16.1. The van der Waals surface area contributed by atoms with Gasteiger partial charge in [0.1, 0.15) is 0 Å². The number of benzene rings is 1. The fourth-order valence-electron chi connectivity index (χ4n) is 3.23. The molecule has 1 aromatic carbocycles. The molecule has 1 aromatic heterocycles. The maximum Gasteiger partial charge on any atom is 0.254 e. The number of carbonyl (C=O) groups excluding carboxylic acids is 2. The maximum atomic E-state index is 12.6. The third-order valence-corrected chi connectivity index (χ3v) is 4.88. The van der Waals surface area contributed by atoms with Gasteiger partial charge in [-0.25, -0.2) is 4.99 Å². The molecular weight excluding hydrogens is 340 g/mol. The highest BCUT2D eigenvalue weighted by Gasteiger charge is 2.25. The van der Waals surface area contributed by atoms with Gasteiger partial charge >= 0.3 is 0 Å². The van der Waals surface area contributed by atoms with Crippen LogP contribution < -0.4 is 5.32 Å². The molecule has 2 amide bonds. The Labute approximate surface area is 159 Å². The highest BCUT2D eigenvalue weighted by molar-refractivity contribution is 6.06. The van der Waals surface area contributed by atoms with Gasteiger partial charge in [0, 0.05) is 18.5 Å². The van der Waals surface area contributed by atoms with Crippen LogP contribution in [-0.2, 0) is 4.79 Å². The molecule has 0 fully saturated rings. The standard InChI is InChI=1S/C21H24N4O2/c1-13-10-14(2)23-21(27)18(13)11-22-20(26)19-12-25(24-15(19)3)16(4)17-8-6-5-7-9-17/h5-10,12,16,18H,11H2,1-4H3,(H,22,26). The maximum absolute atomic E-state index is 12.6. The van der Waals surface area contributed by atoms with E-state index in [4.69, 9.17) is 0 Å². The lowest BCUT2D eigenvalue weighted by atomic mass is 9.96. The molecule has 0 bridgehead atoms. The molecule has 1 aliphatic rings. The summed E-state index contributed by atoms with van der Waals surface area (Å²) in [7, 11) is 0. The number of hydrogen-bond acceptors (Lipinski definition) is 3. The van der Waals surface area contributed by atoms with Crippen LogP contribution in [0.25, 0.3) is 0 Å². The Morgan fingerprint density at radius 2 is 1.93 bits per heavy atom. The highest BCUT2D eigenvalue weighted by Crippen LogP contribution is 2.20. The Bertz CT molecular complexity index is 925. The first-order chi connectivity index (χ1) is 12.9. The minimum absolute atomic E-state index is 0.0221. The largest absolute Gasteiger partial charge is 0.351 e. The fourth-order valence-corrected chi connectivity index (χ4v) is 3.23. The van der Waals surface area contributed by atoms with Gasteiger partial charge in [0.25, 0.3) is 11.8 Å². The summed E-state index contributed by atoms with van der Waals surface area (Å²) in [5.41, 5.74) is 3.91. The number of carbonyl (C=O) groups is 2. The van der Waals surface area contributed by atoms with Crippen LogP contribution in [0.3, 0.4) is 0 Å². The van der Waals surface area contributed by atoms with Gasteiger partial charge in [-0.1, -0.05) is 35.9 Å². The molecule has 0 radical (unpaired) electrons. The number of allylic oxidation sites excluding steroid dienone is 1. The summed E-state index contributed by atoms with van der Waals surface area (Å²) in [6.45, 7) is 7.77. The van der Waals surface area contributed by atoms with Crippen molar-refractivity contribution in [2.75, 3.05) is 6.54 Å². The van der Waals surface area contributed by atoms with Crippen molar-refractivity contribution in [2.24, 2.45) is 10.9 Å². The van der Waals surface area contributed by atoms with E-state index >= 15 is 0 Å². The van der Waals surface area contributed by atoms with E-state index in [0.29, 0.717) is 17.0 Å². The van der Waals surface area contributed by atoms with Crippen molar-refractivity contribution < 1.29 is 9.59 Å². The van der Waals surface area contributed by atoms with Gasteiger partial charge in [-0.3, -0.25) is 14.3 Å². The number of aliphatic imine (C=N–C) groups is 1. The number of dihydropyridines is 1. The van der Waals surface area contributed by atoms with Gasteiger partial charge < -0.3 is 5.32 Å². The summed E-state index contributed by atoms with van der Waals surface area (Å²) in [4.78, 5) is 28.7. The minimum atomic E-state index is -0.406. The second kappa shape index (κ2) is 7.70. The van der Waals surface area contributed by atoms with Gasteiger partial charge in [0.15, 0.2) is 0 Å². The fraction of sp³-hybridized carbons (Fsp3) is 0.333. The predicted octanol–water partition coefficient (Wildman–Crippen LogP) is 3.09. The number of aromatic nitrogens is 2. The smallest absolute Gasteiger partial charge is 0.254 e. The van der Waals surface area contributed by atoms with Gasteiger partial charge in [-0.05, 0) is 39.3 Å². The predicted molar refractivity (Wildman–Crippen MR) is 105 cm³/mol. The second-order valence-corrected chi connectivity index (χ2v) is 6.94. The molecular formula is C21H24N4O2. The van der Waals surface area contributed by atoms with Crippen molar-refractivity contribution in [1.82, 2.24) is 15.1 Å². The molecule has 0 saturated carbocycles. The van der Waals surface area contributed by atoms with Crippen LogP contribution in [-0.4, -0.2) is 33.9 Å². The summed E-state index contributed by atoms with van der Waals surface area (Å²) in [6.07, 6.45) is 3.64. The van der Waals surface area contributed by atoms with E-state index in [1.807, 2.05) is 57.2 Å². The van der Waals surface area contributed by atoms with Crippen LogP contribution in [0.15, 0.2) is 53.2 Å². The van der Waals surface area contributed by atoms with E-state index in [2.05, 4.69) is 15.4 Å². The Hall–Kier alpha value is -3.02. The van der Waals surface area contributed by atoms with Crippen molar-refractivity contribution >= 4 is 17.5 Å². The molecule has 1 N–H and O–H groups in total. The van der Waals surface area contributed by atoms with Gasteiger partial charge in [-0.15, -0.1) is 0 Å². The molecule has 140 valence electrons.